The third-order valence-electron chi connectivity index (χ3n) is 5.38. The molecule has 4 rings (SSSR count). The number of halogens is 1. The maximum atomic E-state index is 13.7. The Labute approximate surface area is 185 Å². The molecule has 0 radical (unpaired) electrons. The number of hydrogen-bond donors (Lipinski definition) is 3. The molecule has 0 bridgehead atoms. The van der Waals surface area contributed by atoms with Crippen LogP contribution in [0.3, 0.4) is 0 Å². The topological polar surface area (TPSA) is 74.3 Å². The molecule has 1 amide bonds. The lowest BCUT2D eigenvalue weighted by atomic mass is 10.0. The van der Waals surface area contributed by atoms with Crippen LogP contribution in [-0.2, 0) is 6.42 Å². The number of rotatable bonds is 8. The van der Waals surface area contributed by atoms with Crippen LogP contribution in [0.25, 0.3) is 22.0 Å². The minimum Gasteiger partial charge on any atom is -0.493 e. The molecule has 0 aliphatic rings. The average Bonchev–Trinajstić information content (AvgIpc) is 3.22. The van der Waals surface area contributed by atoms with Gasteiger partial charge in [-0.1, -0.05) is 36.4 Å². The van der Waals surface area contributed by atoms with Gasteiger partial charge in [0.2, 0.25) is 0 Å². The molecular weight excluding hydrogens is 407 g/mol. The highest BCUT2D eigenvalue weighted by atomic mass is 19.1. The van der Waals surface area contributed by atoms with Gasteiger partial charge in [-0.3, -0.25) is 4.79 Å². The van der Waals surface area contributed by atoms with Crippen LogP contribution < -0.4 is 10.1 Å². The summed E-state index contributed by atoms with van der Waals surface area (Å²) in [6.45, 7) is 2.03. The minimum absolute atomic E-state index is 0.210. The number of H-pyrrole nitrogens is 1. The molecule has 4 aromatic rings. The molecule has 0 aliphatic heterocycles. The first-order valence-corrected chi connectivity index (χ1v) is 10.6. The summed E-state index contributed by atoms with van der Waals surface area (Å²) in [5.41, 5.74) is 3.73. The lowest BCUT2D eigenvalue weighted by Gasteiger charge is -2.18. The fourth-order valence-electron chi connectivity index (χ4n) is 3.83. The summed E-state index contributed by atoms with van der Waals surface area (Å²) >= 11 is 0. The minimum atomic E-state index is -0.478. The van der Waals surface area contributed by atoms with Gasteiger partial charge in [0.05, 0.1) is 24.8 Å². The monoisotopic (exact) mass is 432 g/mol. The first-order valence-electron chi connectivity index (χ1n) is 10.6. The number of amides is 1. The summed E-state index contributed by atoms with van der Waals surface area (Å²) in [6, 6.07) is 18.8. The highest BCUT2D eigenvalue weighted by Gasteiger charge is 2.19. The normalized spacial score (nSPS) is 12.0. The summed E-state index contributed by atoms with van der Waals surface area (Å²) in [6.07, 6.45) is 2.37. The number of carbonyl (C=O) groups excluding carboxylic acids is 1. The molecular formula is C26H25FN2O3. The number of ether oxygens (including phenoxy) is 1. The van der Waals surface area contributed by atoms with Gasteiger partial charge in [-0.2, -0.15) is 0 Å². The molecule has 0 saturated heterocycles. The van der Waals surface area contributed by atoms with E-state index in [1.54, 1.807) is 30.3 Å². The SMILES string of the molecule is CCOc1ccc(-c2cccc(F)c2)cc1C(=O)N[C@@H](CO)Cc1c[nH]c2ccccc12. The van der Waals surface area contributed by atoms with Crippen molar-refractivity contribution in [3.05, 3.63) is 89.9 Å². The van der Waals surface area contributed by atoms with Gasteiger partial charge in [-0.15, -0.1) is 0 Å². The van der Waals surface area contributed by atoms with E-state index in [9.17, 15) is 14.3 Å². The number of hydrogen-bond acceptors (Lipinski definition) is 3. The number of fused-ring (bicyclic) bond motifs is 1. The number of aromatic amines is 1. The Morgan fingerprint density at radius 3 is 2.69 bits per heavy atom. The van der Waals surface area contributed by atoms with Crippen LogP contribution in [0.5, 0.6) is 5.75 Å². The van der Waals surface area contributed by atoms with Gasteiger partial charge < -0.3 is 20.1 Å². The average molecular weight is 432 g/mol. The molecule has 164 valence electrons. The van der Waals surface area contributed by atoms with E-state index in [1.165, 1.54) is 12.1 Å². The van der Waals surface area contributed by atoms with Crippen molar-refractivity contribution >= 4 is 16.8 Å². The molecule has 32 heavy (non-hydrogen) atoms. The number of nitrogens with one attached hydrogen (secondary N) is 2. The zero-order chi connectivity index (χ0) is 22.5. The summed E-state index contributed by atoms with van der Waals surface area (Å²) in [5, 5.41) is 13.9. The summed E-state index contributed by atoms with van der Waals surface area (Å²) in [4.78, 5) is 16.4. The number of carbonyl (C=O) groups is 1. The molecule has 0 unspecified atom stereocenters. The molecule has 6 heteroatoms. The first kappa shape index (κ1) is 21.6. The van der Waals surface area contributed by atoms with Crippen LogP contribution in [0, 0.1) is 5.82 Å². The Balaban J connectivity index is 1.59. The second-order valence-corrected chi connectivity index (χ2v) is 7.57. The Morgan fingerprint density at radius 1 is 1.09 bits per heavy atom. The van der Waals surface area contributed by atoms with Gasteiger partial charge in [0.15, 0.2) is 0 Å². The molecule has 0 spiro atoms. The largest absolute Gasteiger partial charge is 0.493 e. The summed E-state index contributed by atoms with van der Waals surface area (Å²) < 4.78 is 19.3. The van der Waals surface area contributed by atoms with Crippen LogP contribution in [0.2, 0.25) is 0 Å². The van der Waals surface area contributed by atoms with Crippen LogP contribution in [0.1, 0.15) is 22.8 Å². The molecule has 0 aliphatic carbocycles. The quantitative estimate of drug-likeness (QED) is 0.378. The Hall–Kier alpha value is -3.64. The second kappa shape index (κ2) is 9.66. The predicted octanol–water partition coefficient (Wildman–Crippen LogP) is 4.71. The summed E-state index contributed by atoms with van der Waals surface area (Å²) in [5.74, 6) is -0.263. The van der Waals surface area contributed by atoms with Gasteiger partial charge in [0.1, 0.15) is 11.6 Å². The Kier molecular flexibility index (Phi) is 6.52. The van der Waals surface area contributed by atoms with Crippen molar-refractivity contribution in [1.29, 1.82) is 0 Å². The first-order chi connectivity index (χ1) is 15.6. The van der Waals surface area contributed by atoms with Crippen molar-refractivity contribution in [1.82, 2.24) is 10.3 Å². The zero-order valence-electron chi connectivity index (χ0n) is 17.8. The van der Waals surface area contributed by atoms with E-state index in [-0.39, 0.29) is 18.3 Å². The van der Waals surface area contributed by atoms with Crippen molar-refractivity contribution < 1.29 is 19.0 Å². The molecule has 0 fully saturated rings. The number of aliphatic hydroxyl groups is 1. The fraction of sp³-hybridized carbons (Fsp3) is 0.192. The number of aliphatic hydroxyl groups excluding tert-OH is 1. The van der Waals surface area contributed by atoms with Crippen molar-refractivity contribution in [2.75, 3.05) is 13.2 Å². The van der Waals surface area contributed by atoms with E-state index in [2.05, 4.69) is 10.3 Å². The van der Waals surface area contributed by atoms with Gasteiger partial charge >= 0.3 is 0 Å². The molecule has 1 aromatic heterocycles. The van der Waals surface area contributed by atoms with Crippen LogP contribution in [-0.4, -0.2) is 35.3 Å². The number of aromatic nitrogens is 1. The standard InChI is InChI=1S/C26H25FN2O3/c1-2-32-25-11-10-18(17-6-5-7-20(27)12-17)14-23(25)26(31)29-21(16-30)13-19-15-28-24-9-4-3-8-22(19)24/h3-12,14-15,21,28,30H,2,13,16H2,1H3,(H,29,31)/t21-/m1/s1. The smallest absolute Gasteiger partial charge is 0.255 e. The molecule has 1 heterocycles. The molecule has 5 nitrogen and oxygen atoms in total. The van der Waals surface area contributed by atoms with Crippen molar-refractivity contribution in [3.63, 3.8) is 0 Å². The molecule has 3 aromatic carbocycles. The zero-order valence-corrected chi connectivity index (χ0v) is 17.8. The van der Waals surface area contributed by atoms with Crippen molar-refractivity contribution in [2.45, 2.75) is 19.4 Å². The predicted molar refractivity (Wildman–Crippen MR) is 123 cm³/mol. The van der Waals surface area contributed by atoms with E-state index in [0.29, 0.717) is 35.5 Å². The van der Waals surface area contributed by atoms with Gasteiger partial charge in [-0.05, 0) is 60.4 Å². The lowest BCUT2D eigenvalue weighted by molar-refractivity contribution is 0.0913. The van der Waals surface area contributed by atoms with Crippen molar-refractivity contribution in [3.8, 4) is 16.9 Å². The van der Waals surface area contributed by atoms with Gasteiger partial charge in [0.25, 0.3) is 5.91 Å². The Morgan fingerprint density at radius 2 is 1.91 bits per heavy atom. The molecule has 1 atom stereocenters. The van der Waals surface area contributed by atoms with E-state index in [0.717, 1.165) is 16.5 Å². The highest BCUT2D eigenvalue weighted by Crippen LogP contribution is 2.28. The second-order valence-electron chi connectivity index (χ2n) is 7.57. The fourth-order valence-corrected chi connectivity index (χ4v) is 3.83. The van der Waals surface area contributed by atoms with Crippen molar-refractivity contribution in [2.24, 2.45) is 0 Å². The molecule has 3 N–H and O–H groups in total. The molecule has 0 saturated carbocycles. The van der Waals surface area contributed by atoms with E-state index in [4.69, 9.17) is 4.74 Å². The van der Waals surface area contributed by atoms with Crippen LogP contribution in [0.15, 0.2) is 72.9 Å². The third-order valence-corrected chi connectivity index (χ3v) is 5.38. The van der Waals surface area contributed by atoms with E-state index < -0.39 is 6.04 Å². The number of para-hydroxylation sites is 1. The van der Waals surface area contributed by atoms with E-state index in [1.807, 2.05) is 37.4 Å². The van der Waals surface area contributed by atoms with Crippen LogP contribution in [0.4, 0.5) is 4.39 Å². The number of benzene rings is 3. The third kappa shape index (κ3) is 4.65. The van der Waals surface area contributed by atoms with Gasteiger partial charge in [0, 0.05) is 17.1 Å². The van der Waals surface area contributed by atoms with Crippen LogP contribution >= 0.6 is 0 Å². The van der Waals surface area contributed by atoms with E-state index >= 15 is 0 Å². The van der Waals surface area contributed by atoms with Gasteiger partial charge in [-0.25, -0.2) is 4.39 Å². The maximum Gasteiger partial charge on any atom is 0.255 e. The Bertz CT molecular complexity index is 1230. The maximum absolute atomic E-state index is 13.7. The lowest BCUT2D eigenvalue weighted by Crippen LogP contribution is -2.39. The highest BCUT2D eigenvalue weighted by molar-refractivity contribution is 5.98. The summed E-state index contributed by atoms with van der Waals surface area (Å²) in [7, 11) is 0.